The highest BCUT2D eigenvalue weighted by molar-refractivity contribution is 6.04. The molecule has 0 bridgehead atoms. The highest BCUT2D eigenvalue weighted by Gasteiger charge is 2.52. The Labute approximate surface area is 198 Å². The van der Waals surface area contributed by atoms with E-state index in [1.165, 1.54) is 11.6 Å². The fraction of sp³-hybridized carbons (Fsp3) is 0.296. The van der Waals surface area contributed by atoms with E-state index in [9.17, 15) is 14.4 Å². The molecule has 8 nitrogen and oxygen atoms in total. The predicted molar refractivity (Wildman–Crippen MR) is 132 cm³/mol. The van der Waals surface area contributed by atoms with Gasteiger partial charge in [0, 0.05) is 43.6 Å². The van der Waals surface area contributed by atoms with Crippen LogP contribution in [0.5, 0.6) is 5.95 Å². The predicted octanol–water partition coefficient (Wildman–Crippen LogP) is 3.23. The van der Waals surface area contributed by atoms with Gasteiger partial charge in [-0.1, -0.05) is 30.3 Å². The molecule has 3 aromatic heterocycles. The molecule has 2 atom stereocenters. The van der Waals surface area contributed by atoms with Gasteiger partial charge in [0.05, 0.1) is 16.3 Å². The van der Waals surface area contributed by atoms with Crippen molar-refractivity contribution < 1.29 is 9.15 Å². The first-order valence-electron chi connectivity index (χ1n) is 11.7. The number of nitrogens with zero attached hydrogens (tertiary/aromatic N) is 3. The van der Waals surface area contributed by atoms with Gasteiger partial charge >= 0.3 is 5.69 Å². The van der Waals surface area contributed by atoms with Crippen molar-refractivity contribution >= 4 is 32.8 Å². The Morgan fingerprint density at radius 3 is 2.51 bits per heavy atom. The van der Waals surface area contributed by atoms with Crippen molar-refractivity contribution in [1.82, 2.24) is 13.7 Å². The molecular weight excluding hydrogens is 446 g/mol. The van der Waals surface area contributed by atoms with Crippen molar-refractivity contribution in [3.05, 3.63) is 84.8 Å². The monoisotopic (exact) mass is 469 g/mol. The molecule has 2 aliphatic rings. The molecule has 176 valence electrons. The smallest absolute Gasteiger partial charge is 0.332 e. The van der Waals surface area contributed by atoms with Crippen molar-refractivity contribution in [2.45, 2.75) is 31.9 Å². The van der Waals surface area contributed by atoms with E-state index in [-0.39, 0.29) is 34.5 Å². The maximum atomic E-state index is 14.0. The van der Waals surface area contributed by atoms with E-state index >= 15 is 0 Å². The molecule has 7 rings (SSSR count). The van der Waals surface area contributed by atoms with Crippen LogP contribution in [0.3, 0.4) is 0 Å². The van der Waals surface area contributed by atoms with Crippen molar-refractivity contribution in [1.29, 1.82) is 0 Å². The Morgan fingerprint density at radius 1 is 0.943 bits per heavy atom. The molecule has 5 aromatic rings. The van der Waals surface area contributed by atoms with Crippen LogP contribution in [0, 0.1) is 5.92 Å². The van der Waals surface area contributed by atoms with E-state index in [1.807, 2.05) is 60.9 Å². The lowest BCUT2D eigenvalue weighted by atomic mass is 9.75. The summed E-state index contributed by atoms with van der Waals surface area (Å²) in [6.07, 6.45) is 0. The third-order valence-corrected chi connectivity index (χ3v) is 7.97. The molecule has 35 heavy (non-hydrogen) atoms. The molecule has 0 aliphatic carbocycles. The number of benzene rings is 2. The highest BCUT2D eigenvalue weighted by Crippen LogP contribution is 2.52. The third-order valence-electron chi connectivity index (χ3n) is 7.97. The highest BCUT2D eigenvalue weighted by atomic mass is 16.6. The molecule has 0 amide bonds. The Bertz CT molecular complexity index is 1940. The molecule has 0 unspecified atom stereocenters. The maximum absolute atomic E-state index is 14.0. The fourth-order valence-corrected chi connectivity index (χ4v) is 6.16. The number of hydrogen-bond acceptors (Lipinski definition) is 5. The summed E-state index contributed by atoms with van der Waals surface area (Å²) in [6.45, 7) is 4.51. The second-order valence-electron chi connectivity index (χ2n) is 10.2. The van der Waals surface area contributed by atoms with Gasteiger partial charge in [-0.05, 0) is 31.4 Å². The topological polar surface area (TPSA) is 88.4 Å². The van der Waals surface area contributed by atoms with Gasteiger partial charge in [0.15, 0.2) is 0 Å². The zero-order valence-corrected chi connectivity index (χ0v) is 19.8. The summed E-state index contributed by atoms with van der Waals surface area (Å²) in [6, 6.07) is 13.4. The number of hydrogen-bond donors (Lipinski definition) is 0. The maximum Gasteiger partial charge on any atom is 0.332 e. The largest absolute Gasteiger partial charge is 0.458 e. The van der Waals surface area contributed by atoms with Gasteiger partial charge in [-0.2, -0.15) is 0 Å². The first-order valence-corrected chi connectivity index (χ1v) is 11.7. The summed E-state index contributed by atoms with van der Waals surface area (Å²) in [4.78, 5) is 39.6. The molecule has 2 aliphatic heterocycles. The summed E-state index contributed by atoms with van der Waals surface area (Å²) in [5.41, 5.74) is 0.881. The Kier molecular flexibility index (Phi) is 3.67. The van der Waals surface area contributed by atoms with E-state index in [0.29, 0.717) is 34.1 Å². The average molecular weight is 469 g/mol. The molecular formula is C27H23N3O5. The number of ether oxygens (including phenoxy) is 1. The minimum Gasteiger partial charge on any atom is -0.458 e. The number of aryl methyl sites for hydroxylation is 1. The molecule has 2 aromatic carbocycles. The van der Waals surface area contributed by atoms with Crippen LogP contribution >= 0.6 is 0 Å². The molecule has 0 saturated heterocycles. The first-order chi connectivity index (χ1) is 16.7. The number of rotatable bonds is 0. The SMILES string of the molecule is Cn1c(=O)c2cc3n(c2n(C)c1=O)C[C@@H]1[C@H]3c2c(oc3c(ccc4ccccc43)c2=O)OC1(C)C. The van der Waals surface area contributed by atoms with Crippen LogP contribution in [0.4, 0.5) is 0 Å². The van der Waals surface area contributed by atoms with E-state index in [4.69, 9.17) is 9.15 Å². The summed E-state index contributed by atoms with van der Waals surface area (Å²) in [5, 5.41) is 2.80. The van der Waals surface area contributed by atoms with Crippen molar-refractivity contribution in [3.63, 3.8) is 0 Å². The van der Waals surface area contributed by atoms with Gasteiger partial charge < -0.3 is 13.7 Å². The van der Waals surface area contributed by atoms with E-state index in [1.54, 1.807) is 7.05 Å². The van der Waals surface area contributed by atoms with Crippen molar-refractivity contribution in [2.24, 2.45) is 20.0 Å². The van der Waals surface area contributed by atoms with Crippen LogP contribution in [0.2, 0.25) is 0 Å². The Balaban J connectivity index is 1.59. The van der Waals surface area contributed by atoms with Gasteiger partial charge in [-0.15, -0.1) is 0 Å². The summed E-state index contributed by atoms with van der Waals surface area (Å²) in [7, 11) is 3.15. The van der Waals surface area contributed by atoms with Gasteiger partial charge in [-0.3, -0.25) is 18.7 Å². The van der Waals surface area contributed by atoms with Gasteiger partial charge in [0.2, 0.25) is 5.43 Å². The lowest BCUT2D eigenvalue weighted by Gasteiger charge is -2.40. The van der Waals surface area contributed by atoms with Crippen LogP contribution in [0.1, 0.15) is 31.0 Å². The Hall–Kier alpha value is -4.07. The zero-order chi connectivity index (χ0) is 24.4. The summed E-state index contributed by atoms with van der Waals surface area (Å²) >= 11 is 0. The molecule has 0 fully saturated rings. The average Bonchev–Trinajstić information content (AvgIpc) is 3.39. The standard InChI is InChI=1S/C27H23N3O5/c1-27(2)17-12-30-18(11-16-23(30)28(3)26(33)29(4)24(16)32)19(17)20-21(31)15-10-9-13-7-5-6-8-14(13)22(15)34-25(20)35-27/h5-11,17,19H,12H2,1-4H3/t17-,19-/m1/s1. The minimum atomic E-state index is -0.643. The molecule has 0 spiro atoms. The van der Waals surface area contributed by atoms with E-state index in [0.717, 1.165) is 21.0 Å². The van der Waals surface area contributed by atoms with Crippen LogP contribution in [0.25, 0.3) is 32.8 Å². The third kappa shape index (κ3) is 2.39. The fourth-order valence-electron chi connectivity index (χ4n) is 6.16. The van der Waals surface area contributed by atoms with Gasteiger partial charge in [0.1, 0.15) is 16.8 Å². The number of aromatic nitrogens is 3. The van der Waals surface area contributed by atoms with E-state index in [2.05, 4.69) is 0 Å². The zero-order valence-electron chi connectivity index (χ0n) is 19.8. The normalized spacial score (nSPS) is 20.1. The summed E-state index contributed by atoms with van der Waals surface area (Å²) < 4.78 is 17.3. The second-order valence-corrected chi connectivity index (χ2v) is 10.2. The van der Waals surface area contributed by atoms with Crippen LogP contribution in [0.15, 0.2) is 61.3 Å². The van der Waals surface area contributed by atoms with Crippen molar-refractivity contribution in [2.75, 3.05) is 0 Å². The first kappa shape index (κ1) is 20.3. The number of fused-ring (bicyclic) bond motifs is 10. The van der Waals surface area contributed by atoms with Crippen LogP contribution in [-0.4, -0.2) is 19.3 Å². The molecule has 0 radical (unpaired) electrons. The van der Waals surface area contributed by atoms with Crippen LogP contribution in [-0.2, 0) is 20.6 Å². The Morgan fingerprint density at radius 2 is 1.71 bits per heavy atom. The van der Waals surface area contributed by atoms with Gasteiger partial charge in [-0.25, -0.2) is 4.79 Å². The van der Waals surface area contributed by atoms with Crippen LogP contribution < -0.4 is 21.4 Å². The molecule has 8 heteroatoms. The molecule has 0 saturated carbocycles. The minimum absolute atomic E-state index is 0.0747. The van der Waals surface area contributed by atoms with E-state index < -0.39 is 5.60 Å². The second kappa shape index (κ2) is 6.33. The lowest BCUT2D eigenvalue weighted by molar-refractivity contribution is -0.00351. The van der Waals surface area contributed by atoms with Crippen molar-refractivity contribution in [3.8, 4) is 5.95 Å². The lowest BCUT2D eigenvalue weighted by Crippen LogP contribution is -2.45. The summed E-state index contributed by atoms with van der Waals surface area (Å²) in [5.74, 6) is -0.173. The quantitative estimate of drug-likeness (QED) is 0.325. The molecule has 5 heterocycles. The van der Waals surface area contributed by atoms with Gasteiger partial charge in [0.25, 0.3) is 11.5 Å². The molecule has 0 N–H and O–H groups in total.